The fourth-order valence-corrected chi connectivity index (χ4v) is 0. The zero-order valence-electron chi connectivity index (χ0n) is 14.3. The summed E-state index contributed by atoms with van der Waals surface area (Å²) in [6.07, 6.45) is 0. The van der Waals surface area contributed by atoms with Crippen LogP contribution in [-0.4, -0.2) is 67.1 Å². The summed E-state index contributed by atoms with van der Waals surface area (Å²) in [5.41, 5.74) is 0. The predicted octanol–water partition coefficient (Wildman–Crippen LogP) is 1.54. The van der Waals surface area contributed by atoms with Crippen molar-refractivity contribution in [3.8, 4) is 0 Å². The van der Waals surface area contributed by atoms with Crippen LogP contribution in [0.25, 0.3) is 0 Å². The Hall–Kier alpha value is 2.32. The molecule has 0 atom stereocenters. The molecule has 0 aromatic rings. The Balaban J connectivity index is -0.0000000239. The molecular weight excluding hydrogens is 358 g/mol. The molecule has 120 valence electrons. The number of rotatable bonds is 0. The molecule has 0 aliphatic heterocycles. The van der Waals surface area contributed by atoms with Gasteiger partial charge in [-0.25, -0.2) is 0 Å². The molecule has 0 aromatic carbocycles. The topological polar surface area (TPSA) is 121 Å². The maximum absolute atomic E-state index is 7.56. The molecule has 0 saturated carbocycles. The maximum Gasteiger partial charge on any atom is 2.00 e. The van der Waals surface area contributed by atoms with E-state index < -0.39 is 13.4 Å². The van der Waals surface area contributed by atoms with Gasteiger partial charge in [0.05, 0.1) is 0 Å². The van der Waals surface area contributed by atoms with Gasteiger partial charge in [-0.05, 0) is 35.4 Å². The van der Waals surface area contributed by atoms with Gasteiger partial charge >= 0.3 is 51.2 Å². The Kier molecular flexibility index (Phi) is 32.0. The molecule has 6 nitrogen and oxygen atoms in total. The Morgan fingerprint density at radius 3 is 0.632 bits per heavy atom. The van der Waals surface area contributed by atoms with Gasteiger partial charge in [0.2, 0.25) is 0 Å². The van der Waals surface area contributed by atoms with Gasteiger partial charge in [-0.1, -0.05) is 41.5 Å². The largest absolute Gasteiger partial charge is 2.00 e. The van der Waals surface area contributed by atoms with Crippen LogP contribution in [0.4, 0.5) is 0 Å². The van der Waals surface area contributed by atoms with Crippen LogP contribution in [-0.2, 0) is 23.6 Å². The van der Waals surface area contributed by atoms with Crippen LogP contribution in [0.3, 0.4) is 0 Å². The van der Waals surface area contributed by atoms with E-state index in [4.69, 9.17) is 29.4 Å². The molecule has 19 heavy (non-hydrogen) atoms. The van der Waals surface area contributed by atoms with E-state index in [1.165, 1.54) is 0 Å². The van der Waals surface area contributed by atoms with Crippen molar-refractivity contribution in [3.63, 3.8) is 0 Å². The van der Waals surface area contributed by atoms with Gasteiger partial charge in [-0.15, -0.1) is 0 Å². The average Bonchev–Trinajstić information content (AvgIpc) is 1.70. The van der Waals surface area contributed by atoms with Crippen molar-refractivity contribution in [3.05, 3.63) is 0 Å². The third-order valence-corrected chi connectivity index (χ3v) is 0. The van der Waals surface area contributed by atoms with Crippen LogP contribution >= 0.6 is 13.4 Å². The Morgan fingerprint density at radius 1 is 0.632 bits per heavy atom. The van der Waals surface area contributed by atoms with E-state index in [1.54, 1.807) is 0 Å². The quantitative estimate of drug-likeness (QED) is 0.274. The van der Waals surface area contributed by atoms with Crippen molar-refractivity contribution in [1.82, 2.24) is 0 Å². The number of hydrogen-bond donors (Lipinski definition) is 6. The van der Waals surface area contributed by atoms with Gasteiger partial charge in [0, 0.05) is 0 Å². The van der Waals surface area contributed by atoms with Crippen molar-refractivity contribution in [2.24, 2.45) is 11.8 Å². The first-order chi connectivity index (χ1) is 7.46. The van der Waals surface area contributed by atoms with Crippen LogP contribution in [0, 0.1) is 11.8 Å². The van der Waals surface area contributed by atoms with Gasteiger partial charge in [0.25, 0.3) is 0 Å². The predicted molar refractivity (Wildman–Crippen MR) is 90.9 cm³/mol. The van der Waals surface area contributed by atoms with E-state index in [0.29, 0.717) is 0 Å². The van der Waals surface area contributed by atoms with Gasteiger partial charge in [0.15, 0.2) is 0 Å². The minimum Gasteiger partial charge on any atom is -1.00 e. The normalized spacial score (nSPS) is 10.0. The maximum atomic E-state index is 7.56. The van der Waals surface area contributed by atoms with E-state index in [0.717, 1.165) is 11.8 Å². The fraction of sp³-hybridized carbons (Fsp3) is 1.00. The fourth-order valence-electron chi connectivity index (χ4n) is 0. The van der Waals surface area contributed by atoms with Crippen LogP contribution in [0.1, 0.15) is 44.4 Å². The molecule has 0 heterocycles. The third-order valence-electron chi connectivity index (χ3n) is 0. The van der Waals surface area contributed by atoms with E-state index >= 15 is 0 Å². The minimum atomic E-state index is -3.81. The van der Waals surface area contributed by atoms with Crippen molar-refractivity contribution in [1.29, 1.82) is 0 Å². The SMILES string of the molecule is CC(C)C.CC(C)C.OP(O)(O)=S.OP(O)(O)=S.[Ca+2].[H-].[H-]. The van der Waals surface area contributed by atoms with Gasteiger partial charge in [-0.3, -0.25) is 0 Å². The van der Waals surface area contributed by atoms with E-state index in [1.807, 2.05) is 0 Å². The molecule has 0 fully saturated rings. The Morgan fingerprint density at radius 2 is 0.632 bits per heavy atom. The second-order valence-electron chi connectivity index (χ2n) is 4.49. The first kappa shape index (κ1) is 33.1. The molecule has 0 bridgehead atoms. The summed E-state index contributed by atoms with van der Waals surface area (Å²) in [6.45, 7) is 5.39. The van der Waals surface area contributed by atoms with E-state index in [9.17, 15) is 0 Å². The van der Waals surface area contributed by atoms with Crippen molar-refractivity contribution < 1.29 is 32.2 Å². The average molecular weight is 386 g/mol. The Labute approximate surface area is 159 Å². The molecule has 0 radical (unpaired) electrons. The van der Waals surface area contributed by atoms with Crippen LogP contribution < -0.4 is 0 Å². The van der Waals surface area contributed by atoms with Crippen LogP contribution in [0.15, 0.2) is 0 Å². The Bertz CT molecular complexity index is 215. The number of hydrogen-bond acceptors (Lipinski definition) is 2. The smallest absolute Gasteiger partial charge is 1.00 e. The molecule has 0 aromatic heterocycles. The molecule has 0 aliphatic carbocycles. The summed E-state index contributed by atoms with van der Waals surface area (Å²) in [7, 11) is 0. The summed E-state index contributed by atoms with van der Waals surface area (Å²) in [5.74, 6) is 1.67. The summed E-state index contributed by atoms with van der Waals surface area (Å²) >= 11 is 7.21. The van der Waals surface area contributed by atoms with Crippen LogP contribution in [0.2, 0.25) is 0 Å². The molecule has 0 spiro atoms. The van der Waals surface area contributed by atoms with Gasteiger partial charge in [-0.2, -0.15) is 0 Å². The molecule has 11 heteroatoms. The molecule has 0 unspecified atom stereocenters. The zero-order chi connectivity index (χ0) is 16.2. The van der Waals surface area contributed by atoms with Gasteiger partial charge < -0.3 is 32.2 Å². The second-order valence-corrected chi connectivity index (χ2v) is 9.48. The third kappa shape index (κ3) is 1270. The molecule has 0 saturated heterocycles. The first-order valence-electron chi connectivity index (χ1n) is 5.03. The van der Waals surface area contributed by atoms with Crippen molar-refractivity contribution in [2.75, 3.05) is 0 Å². The molecular formula is C8H28CaO6P2S2. The monoisotopic (exact) mass is 386 g/mol. The standard InChI is InChI=1S/2C4H10.Ca.2H3O3PS.2H/c2*1-4(2)3;;2*1-4(2,3)5;;/h2*4H,1-3H3;;2*(H3,1,2,3,5);;/q;;+2;;;2*-1. The van der Waals surface area contributed by atoms with E-state index in [2.05, 4.69) is 65.2 Å². The second kappa shape index (κ2) is 18.4. The summed E-state index contributed by atoms with van der Waals surface area (Å²) in [5, 5.41) is 0. The molecule has 0 aliphatic rings. The molecule has 0 amide bonds. The summed E-state index contributed by atoms with van der Waals surface area (Å²) in [6, 6.07) is 0. The van der Waals surface area contributed by atoms with Crippen LogP contribution in [0.5, 0.6) is 0 Å². The first-order valence-corrected chi connectivity index (χ1v) is 10.4. The van der Waals surface area contributed by atoms with Crippen molar-refractivity contribution >= 4 is 74.8 Å². The summed E-state index contributed by atoms with van der Waals surface area (Å²) < 4.78 is 0. The zero-order valence-corrected chi connectivity index (χ0v) is 17.9. The summed E-state index contributed by atoms with van der Waals surface area (Å²) in [4.78, 5) is 45.3. The molecule has 6 N–H and O–H groups in total. The van der Waals surface area contributed by atoms with E-state index in [-0.39, 0.29) is 40.6 Å². The molecule has 0 rings (SSSR count). The van der Waals surface area contributed by atoms with Crippen molar-refractivity contribution in [2.45, 2.75) is 41.5 Å². The van der Waals surface area contributed by atoms with Gasteiger partial charge in [0.1, 0.15) is 0 Å². The minimum absolute atomic E-state index is 0.